The maximum Gasteiger partial charge on any atom is 0.425 e. The molecule has 0 aliphatic carbocycles. The summed E-state index contributed by atoms with van der Waals surface area (Å²) in [6.07, 6.45) is 0. The highest BCUT2D eigenvalue weighted by Gasteiger charge is 2.28. The van der Waals surface area contributed by atoms with Crippen LogP contribution in [0.1, 0.15) is 26.5 Å². The van der Waals surface area contributed by atoms with Gasteiger partial charge < -0.3 is 18.6 Å². The number of nitrogens with zero attached hydrogens (tertiary/aromatic N) is 1. The zero-order chi connectivity index (χ0) is 19.5. The summed E-state index contributed by atoms with van der Waals surface area (Å²) in [5.41, 5.74) is -0.587. The van der Waals surface area contributed by atoms with Crippen molar-refractivity contribution in [2.24, 2.45) is 0 Å². The number of aromatic nitrogens is 1. The first-order valence-corrected chi connectivity index (χ1v) is 8.94. The average Bonchev–Trinajstić information content (AvgIpc) is 2.84. The number of ether oxygens (including phenoxy) is 3. The summed E-state index contributed by atoms with van der Waals surface area (Å²) < 4.78 is 36.6. The number of oxazole rings is 1. The van der Waals surface area contributed by atoms with Gasteiger partial charge in [-0.25, -0.2) is 13.8 Å². The summed E-state index contributed by atoms with van der Waals surface area (Å²) in [6.45, 7) is 6.23. The molecule has 0 saturated carbocycles. The van der Waals surface area contributed by atoms with Crippen LogP contribution in [0.2, 0.25) is 5.15 Å². The van der Waals surface area contributed by atoms with Crippen molar-refractivity contribution in [3.63, 3.8) is 0 Å². The maximum absolute atomic E-state index is 14.5. The summed E-state index contributed by atoms with van der Waals surface area (Å²) in [6, 6.07) is 2.54. The Hall–Kier alpha value is -1.35. The third kappa shape index (κ3) is 4.68. The molecule has 0 unspecified atom stereocenters. The van der Waals surface area contributed by atoms with E-state index < -0.39 is 17.0 Å². The van der Waals surface area contributed by atoms with Crippen molar-refractivity contribution in [2.45, 2.75) is 26.2 Å². The van der Waals surface area contributed by atoms with Gasteiger partial charge in [0.15, 0.2) is 17.7 Å². The molecule has 0 fully saturated rings. The van der Waals surface area contributed by atoms with Gasteiger partial charge in [0, 0.05) is 18.6 Å². The maximum atomic E-state index is 14.5. The van der Waals surface area contributed by atoms with Crippen LogP contribution in [0.3, 0.4) is 0 Å². The van der Waals surface area contributed by atoms with E-state index >= 15 is 0 Å². The molecule has 0 bridgehead atoms. The van der Waals surface area contributed by atoms with Crippen LogP contribution in [0.25, 0.3) is 5.69 Å². The molecule has 0 amide bonds. The number of benzene rings is 1. The van der Waals surface area contributed by atoms with E-state index in [2.05, 4.69) is 15.9 Å². The van der Waals surface area contributed by atoms with Crippen molar-refractivity contribution in [3.05, 3.63) is 43.9 Å². The highest BCUT2D eigenvalue weighted by Crippen LogP contribution is 2.34. The lowest BCUT2D eigenvalue weighted by atomic mass is 9.94. The number of halogens is 3. The Bertz CT molecular complexity index is 828. The number of rotatable bonds is 7. The zero-order valence-electron chi connectivity index (χ0n) is 14.9. The molecule has 26 heavy (non-hydrogen) atoms. The van der Waals surface area contributed by atoms with Crippen molar-refractivity contribution in [1.29, 1.82) is 0 Å². The largest absolute Gasteiger partial charge is 0.466 e. The number of hydrogen-bond acceptors (Lipinski definition) is 5. The Morgan fingerprint density at radius 1 is 1.31 bits per heavy atom. The predicted molar refractivity (Wildman–Crippen MR) is 99.0 cm³/mol. The van der Waals surface area contributed by atoms with E-state index in [1.807, 2.05) is 20.8 Å². The first-order valence-electron chi connectivity index (χ1n) is 7.77. The summed E-state index contributed by atoms with van der Waals surface area (Å²) in [4.78, 5) is 12.2. The van der Waals surface area contributed by atoms with Gasteiger partial charge in [-0.2, -0.15) is 0 Å². The highest BCUT2D eigenvalue weighted by molar-refractivity contribution is 9.10. The van der Waals surface area contributed by atoms with Crippen LogP contribution >= 0.6 is 27.5 Å². The summed E-state index contributed by atoms with van der Waals surface area (Å²) in [5.74, 6) is -0.865. The minimum Gasteiger partial charge on any atom is -0.466 e. The summed E-state index contributed by atoms with van der Waals surface area (Å²) in [7, 11) is 1.56. The molecule has 0 N–H and O–H groups in total. The monoisotopic (exact) mass is 451 g/mol. The van der Waals surface area contributed by atoms with Crippen molar-refractivity contribution in [2.75, 3.05) is 27.1 Å². The Kier molecular flexibility index (Phi) is 6.90. The Morgan fingerprint density at radius 3 is 2.58 bits per heavy atom. The molecule has 0 spiro atoms. The highest BCUT2D eigenvalue weighted by atomic mass is 79.9. The molecule has 1 heterocycles. The third-order valence-electron chi connectivity index (χ3n) is 3.41. The quantitative estimate of drug-likeness (QED) is 0.463. The standard InChI is InChI=1S/C17H20BrClFNO5/c1-17(2,3)14-15(19)21(16(22)26-14)12-8-13(10(18)7-11(12)20)25-9-24-6-5-23-4/h7-8H,5-6,9H2,1-4H3. The molecular weight excluding hydrogens is 433 g/mol. The van der Waals surface area contributed by atoms with Crippen LogP contribution in [0.15, 0.2) is 25.8 Å². The molecule has 1 aromatic heterocycles. The van der Waals surface area contributed by atoms with Gasteiger partial charge in [-0.3, -0.25) is 0 Å². The molecule has 9 heteroatoms. The lowest BCUT2D eigenvalue weighted by Gasteiger charge is -2.15. The van der Waals surface area contributed by atoms with Crippen molar-refractivity contribution in [3.8, 4) is 11.4 Å². The fourth-order valence-electron chi connectivity index (χ4n) is 2.13. The van der Waals surface area contributed by atoms with Gasteiger partial charge in [0.1, 0.15) is 11.6 Å². The molecule has 1 aromatic carbocycles. The number of hydrogen-bond donors (Lipinski definition) is 0. The van der Waals surface area contributed by atoms with E-state index in [4.69, 9.17) is 30.2 Å². The minimum absolute atomic E-state index is 0.0195. The van der Waals surface area contributed by atoms with Crippen molar-refractivity contribution in [1.82, 2.24) is 4.57 Å². The molecule has 0 aliphatic rings. The lowest BCUT2D eigenvalue weighted by molar-refractivity contribution is -0.00882. The second-order valence-electron chi connectivity index (χ2n) is 6.47. The molecule has 0 atom stereocenters. The van der Waals surface area contributed by atoms with E-state index in [1.54, 1.807) is 7.11 Å². The lowest BCUT2D eigenvalue weighted by Crippen LogP contribution is -2.14. The van der Waals surface area contributed by atoms with E-state index in [9.17, 15) is 9.18 Å². The first-order chi connectivity index (χ1) is 12.2. The van der Waals surface area contributed by atoms with E-state index in [-0.39, 0.29) is 23.4 Å². The van der Waals surface area contributed by atoms with Crippen LogP contribution in [0, 0.1) is 5.82 Å². The van der Waals surface area contributed by atoms with Crippen LogP contribution in [-0.4, -0.2) is 31.7 Å². The zero-order valence-corrected chi connectivity index (χ0v) is 17.2. The fraction of sp³-hybridized carbons (Fsp3) is 0.471. The summed E-state index contributed by atoms with van der Waals surface area (Å²) in [5, 5.41) is 0.0195. The normalized spacial score (nSPS) is 11.8. The van der Waals surface area contributed by atoms with Crippen LogP contribution in [0.4, 0.5) is 4.39 Å². The van der Waals surface area contributed by atoms with Gasteiger partial charge in [-0.15, -0.1) is 0 Å². The fourth-order valence-corrected chi connectivity index (χ4v) is 3.04. The van der Waals surface area contributed by atoms with Crippen LogP contribution < -0.4 is 10.5 Å². The average molecular weight is 453 g/mol. The molecule has 2 aromatic rings. The molecule has 144 valence electrons. The SMILES string of the molecule is COCCOCOc1cc(-n2c(Cl)c(C(C)(C)C)oc2=O)c(F)cc1Br. The Balaban J connectivity index is 2.37. The molecule has 0 aliphatic heterocycles. The van der Waals surface area contributed by atoms with Crippen molar-refractivity contribution >= 4 is 27.5 Å². The van der Waals surface area contributed by atoms with E-state index in [1.165, 1.54) is 12.1 Å². The third-order valence-corrected chi connectivity index (χ3v) is 4.37. The van der Waals surface area contributed by atoms with Gasteiger partial charge >= 0.3 is 5.76 Å². The van der Waals surface area contributed by atoms with Gasteiger partial charge in [-0.1, -0.05) is 32.4 Å². The Morgan fingerprint density at radius 2 is 2.00 bits per heavy atom. The second kappa shape index (κ2) is 8.56. The smallest absolute Gasteiger partial charge is 0.425 e. The van der Waals surface area contributed by atoms with E-state index in [0.29, 0.717) is 23.4 Å². The number of methoxy groups -OCH3 is 1. The molecule has 6 nitrogen and oxygen atoms in total. The topological polar surface area (TPSA) is 62.8 Å². The van der Waals surface area contributed by atoms with Gasteiger partial charge in [0.05, 0.1) is 23.4 Å². The Labute approximate surface area is 163 Å². The van der Waals surface area contributed by atoms with Gasteiger partial charge in [-0.05, 0) is 22.0 Å². The first kappa shape index (κ1) is 21.0. The van der Waals surface area contributed by atoms with Crippen LogP contribution in [0.5, 0.6) is 5.75 Å². The van der Waals surface area contributed by atoms with Gasteiger partial charge in [0.25, 0.3) is 0 Å². The van der Waals surface area contributed by atoms with Gasteiger partial charge in [0.2, 0.25) is 0 Å². The molecular formula is C17H20BrClFNO5. The predicted octanol–water partition coefficient (Wildman–Crippen LogP) is 4.28. The molecule has 0 saturated heterocycles. The molecule has 0 radical (unpaired) electrons. The van der Waals surface area contributed by atoms with E-state index in [0.717, 1.165) is 4.57 Å². The molecule has 2 rings (SSSR count). The van der Waals surface area contributed by atoms with Crippen molar-refractivity contribution < 1.29 is 23.0 Å². The summed E-state index contributed by atoms with van der Waals surface area (Å²) >= 11 is 9.51. The minimum atomic E-state index is -0.775. The van der Waals surface area contributed by atoms with Crippen LogP contribution in [-0.2, 0) is 14.9 Å². The second-order valence-corrected chi connectivity index (χ2v) is 7.68.